The minimum Gasteiger partial charge on any atom is -0.387 e. The van der Waals surface area contributed by atoms with E-state index in [1.165, 1.54) is 0 Å². The highest BCUT2D eigenvalue weighted by Gasteiger charge is 2.16. The van der Waals surface area contributed by atoms with Crippen molar-refractivity contribution in [3.63, 3.8) is 0 Å². The molecule has 4 aromatic rings. The van der Waals surface area contributed by atoms with Crippen molar-refractivity contribution in [3.05, 3.63) is 76.9 Å². The van der Waals surface area contributed by atoms with Gasteiger partial charge < -0.3 is 10.8 Å². The normalized spacial score (nSPS) is 11.8. The number of hydrogen-bond acceptors (Lipinski definition) is 7. The fourth-order valence-electron chi connectivity index (χ4n) is 3.61. The number of nitrogens with one attached hydrogen (secondary N) is 1. The molecular weight excluding hydrogens is 402 g/mol. The molecule has 32 heavy (non-hydrogen) atoms. The summed E-state index contributed by atoms with van der Waals surface area (Å²) in [7, 11) is 0. The smallest absolute Gasteiger partial charge is 0.221 e. The van der Waals surface area contributed by atoms with Crippen LogP contribution in [0, 0.1) is 18.3 Å². The standard InChI is InChI=1S/C24H23N7O/c1-3-23(32)19-9-5-7-16(28-19)10-22-18(13-27-31-22)21-11-20(29-24(26)30-21)17-8-4-6-15(12-25)14(17)2/h4-9,11,13,23,32H,3,10H2,1-2H3,(H,27,31)(H2,26,29,30)/t23-/m0/s1. The molecule has 0 bridgehead atoms. The van der Waals surface area contributed by atoms with Gasteiger partial charge in [0.25, 0.3) is 0 Å². The van der Waals surface area contributed by atoms with Crippen molar-refractivity contribution in [1.29, 1.82) is 5.26 Å². The Morgan fingerprint density at radius 1 is 1.09 bits per heavy atom. The third-order valence-electron chi connectivity index (χ3n) is 5.37. The Bertz CT molecular complexity index is 1310. The molecule has 3 aromatic heterocycles. The number of nitrogens with zero attached hydrogens (tertiary/aromatic N) is 5. The van der Waals surface area contributed by atoms with Gasteiger partial charge in [-0.1, -0.05) is 25.1 Å². The molecule has 0 aliphatic carbocycles. The quantitative estimate of drug-likeness (QED) is 0.428. The van der Waals surface area contributed by atoms with Gasteiger partial charge in [0.1, 0.15) is 0 Å². The maximum absolute atomic E-state index is 10.1. The van der Waals surface area contributed by atoms with E-state index < -0.39 is 6.10 Å². The lowest BCUT2D eigenvalue weighted by atomic mass is 9.99. The zero-order chi connectivity index (χ0) is 22.7. The van der Waals surface area contributed by atoms with Crippen LogP contribution in [0.4, 0.5) is 5.95 Å². The van der Waals surface area contributed by atoms with Crippen LogP contribution in [0.25, 0.3) is 22.5 Å². The summed E-state index contributed by atoms with van der Waals surface area (Å²) >= 11 is 0. The summed E-state index contributed by atoms with van der Waals surface area (Å²) in [6.07, 6.45) is 2.24. The van der Waals surface area contributed by atoms with Gasteiger partial charge in [-0.25, -0.2) is 9.97 Å². The second kappa shape index (κ2) is 8.96. The van der Waals surface area contributed by atoms with Gasteiger partial charge in [-0.05, 0) is 43.2 Å². The number of hydrogen-bond donors (Lipinski definition) is 3. The van der Waals surface area contributed by atoms with Gasteiger partial charge >= 0.3 is 0 Å². The molecule has 8 heteroatoms. The highest BCUT2D eigenvalue weighted by atomic mass is 16.3. The molecule has 0 unspecified atom stereocenters. The van der Waals surface area contributed by atoms with Gasteiger partial charge in [0.2, 0.25) is 5.95 Å². The Hall–Kier alpha value is -4.09. The Morgan fingerprint density at radius 2 is 1.84 bits per heavy atom. The number of benzene rings is 1. The molecule has 4 rings (SSSR count). The number of rotatable bonds is 6. The van der Waals surface area contributed by atoms with E-state index in [4.69, 9.17) is 5.73 Å². The zero-order valence-corrected chi connectivity index (χ0v) is 17.9. The van der Waals surface area contributed by atoms with Crippen molar-refractivity contribution in [2.45, 2.75) is 32.8 Å². The third kappa shape index (κ3) is 4.19. The Balaban J connectivity index is 1.72. The number of anilines is 1. The van der Waals surface area contributed by atoms with Gasteiger partial charge in [-0.3, -0.25) is 10.1 Å². The molecule has 0 aliphatic heterocycles. The van der Waals surface area contributed by atoms with Crippen molar-refractivity contribution < 1.29 is 5.11 Å². The number of nitriles is 1. The minimum atomic E-state index is -0.592. The van der Waals surface area contributed by atoms with Crippen LogP contribution in [0.15, 0.2) is 48.7 Å². The van der Waals surface area contributed by atoms with Crippen molar-refractivity contribution in [3.8, 4) is 28.6 Å². The number of H-pyrrole nitrogens is 1. The SMILES string of the molecule is CC[C@H](O)c1cccc(Cc2n[nH]cc2-c2cc(-c3cccc(C#N)c3C)nc(N)n2)n1. The molecule has 0 aliphatic rings. The van der Waals surface area contributed by atoms with Crippen molar-refractivity contribution in [2.24, 2.45) is 0 Å². The summed E-state index contributed by atoms with van der Waals surface area (Å²) in [5.74, 6) is 0.137. The summed E-state index contributed by atoms with van der Waals surface area (Å²) < 4.78 is 0. The van der Waals surface area contributed by atoms with Crippen LogP contribution in [0.5, 0.6) is 0 Å². The second-order valence-electron chi connectivity index (χ2n) is 7.49. The molecule has 3 heterocycles. The fraction of sp³-hybridized carbons (Fsp3) is 0.208. The summed E-state index contributed by atoms with van der Waals surface area (Å²) in [5, 5.41) is 26.8. The molecule has 160 valence electrons. The summed E-state index contributed by atoms with van der Waals surface area (Å²) in [6.45, 7) is 3.80. The van der Waals surface area contributed by atoms with Crippen LogP contribution < -0.4 is 5.73 Å². The lowest BCUT2D eigenvalue weighted by molar-refractivity contribution is 0.168. The highest BCUT2D eigenvalue weighted by Crippen LogP contribution is 2.29. The summed E-state index contributed by atoms with van der Waals surface area (Å²) in [5.41, 5.74) is 12.5. The van der Waals surface area contributed by atoms with Crippen molar-refractivity contribution in [2.75, 3.05) is 5.73 Å². The predicted molar refractivity (Wildman–Crippen MR) is 121 cm³/mol. The van der Waals surface area contributed by atoms with Gasteiger partial charge in [0.05, 0.1) is 40.5 Å². The summed E-state index contributed by atoms with van der Waals surface area (Å²) in [4.78, 5) is 13.4. The predicted octanol–water partition coefficient (Wildman–Crippen LogP) is 3.73. The molecule has 8 nitrogen and oxygen atoms in total. The number of aromatic amines is 1. The molecule has 0 radical (unpaired) electrons. The molecule has 0 amide bonds. The van der Waals surface area contributed by atoms with E-state index in [1.54, 1.807) is 12.3 Å². The van der Waals surface area contributed by atoms with E-state index in [1.807, 2.05) is 50.2 Å². The van der Waals surface area contributed by atoms with Crippen molar-refractivity contribution >= 4 is 5.95 Å². The molecule has 1 atom stereocenters. The van der Waals surface area contributed by atoms with Crippen LogP contribution in [-0.2, 0) is 6.42 Å². The minimum absolute atomic E-state index is 0.137. The second-order valence-corrected chi connectivity index (χ2v) is 7.49. The van der Waals surface area contributed by atoms with Gasteiger partial charge in [-0.2, -0.15) is 10.4 Å². The monoisotopic (exact) mass is 425 g/mol. The van der Waals surface area contributed by atoms with E-state index in [0.717, 1.165) is 28.1 Å². The van der Waals surface area contributed by atoms with Crippen LogP contribution >= 0.6 is 0 Å². The van der Waals surface area contributed by atoms with Gasteiger partial charge in [-0.15, -0.1) is 0 Å². The van der Waals surface area contributed by atoms with E-state index in [0.29, 0.717) is 35.5 Å². The van der Waals surface area contributed by atoms with Gasteiger partial charge in [0.15, 0.2) is 0 Å². The van der Waals surface area contributed by atoms with E-state index >= 15 is 0 Å². The maximum atomic E-state index is 10.1. The summed E-state index contributed by atoms with van der Waals surface area (Å²) in [6, 6.07) is 15.2. The van der Waals surface area contributed by atoms with Gasteiger partial charge in [0, 0.05) is 29.4 Å². The van der Waals surface area contributed by atoms with Crippen LogP contribution in [-0.4, -0.2) is 30.3 Å². The molecular formula is C24H23N7O. The highest BCUT2D eigenvalue weighted by molar-refractivity contribution is 5.73. The largest absolute Gasteiger partial charge is 0.387 e. The van der Waals surface area contributed by atoms with Crippen LogP contribution in [0.3, 0.4) is 0 Å². The average molecular weight is 425 g/mol. The first kappa shape index (κ1) is 21.2. The first-order valence-corrected chi connectivity index (χ1v) is 10.3. The molecule has 4 N–H and O–H groups in total. The fourth-order valence-corrected chi connectivity index (χ4v) is 3.61. The molecule has 0 spiro atoms. The van der Waals surface area contributed by atoms with Crippen molar-refractivity contribution in [1.82, 2.24) is 25.1 Å². The van der Waals surface area contributed by atoms with E-state index in [9.17, 15) is 10.4 Å². The van der Waals surface area contributed by atoms with Crippen LogP contribution in [0.2, 0.25) is 0 Å². The Labute approximate surface area is 185 Å². The number of nitrogens with two attached hydrogens (primary N) is 1. The molecule has 0 saturated carbocycles. The lowest BCUT2D eigenvalue weighted by Crippen LogP contribution is -2.03. The number of aromatic nitrogens is 5. The first-order valence-electron chi connectivity index (χ1n) is 10.3. The Kier molecular flexibility index (Phi) is 5.92. The zero-order valence-electron chi connectivity index (χ0n) is 17.9. The lowest BCUT2D eigenvalue weighted by Gasteiger charge is -2.10. The third-order valence-corrected chi connectivity index (χ3v) is 5.37. The number of aliphatic hydroxyl groups is 1. The first-order chi connectivity index (χ1) is 15.5. The topological polar surface area (TPSA) is 137 Å². The van der Waals surface area contributed by atoms with E-state index in [2.05, 4.69) is 31.2 Å². The number of pyridine rings is 1. The Morgan fingerprint density at radius 3 is 2.59 bits per heavy atom. The number of aliphatic hydroxyl groups excluding tert-OH is 1. The van der Waals surface area contributed by atoms with E-state index in [-0.39, 0.29) is 5.95 Å². The molecule has 0 saturated heterocycles. The molecule has 0 fully saturated rings. The number of nitrogen functional groups attached to an aromatic ring is 1. The molecule has 1 aromatic carbocycles. The van der Waals surface area contributed by atoms with Crippen LogP contribution in [0.1, 0.15) is 47.7 Å². The maximum Gasteiger partial charge on any atom is 0.221 e. The average Bonchev–Trinajstić information content (AvgIpc) is 3.26.